The number of hydrogen-bond donors (Lipinski definition) is 0. The SMILES string of the molecule is C=C[C@H]1CN2CC[C@H]1C[C@H]2[C@H](OC(=O)CCCCc1cn(CCCCC(=O)O[C@H](c2ccnc3ccc(OC)cc23)[C@@H]2C[C@@H]3CCN2C[C@@H]3C=C)nn1)c1ccnc2ccc(OC)cc12. The van der Waals surface area contributed by atoms with E-state index in [1.807, 2.05) is 71.8 Å². The first-order chi connectivity index (χ1) is 31.8. The number of pyridine rings is 2. The van der Waals surface area contributed by atoms with E-state index >= 15 is 0 Å². The topological polar surface area (TPSA) is 134 Å². The molecule has 6 saturated heterocycles. The minimum atomic E-state index is -0.420. The molecule has 2 aromatic carbocycles. The highest BCUT2D eigenvalue weighted by molar-refractivity contribution is 5.85. The Morgan fingerprint density at radius 3 is 1.72 bits per heavy atom. The summed E-state index contributed by atoms with van der Waals surface area (Å²) < 4.78 is 25.9. The van der Waals surface area contributed by atoms with Gasteiger partial charge in [0.2, 0.25) is 0 Å². The maximum absolute atomic E-state index is 13.6. The van der Waals surface area contributed by atoms with Gasteiger partial charge in [-0.3, -0.25) is 34.0 Å². The fraction of sp³-hybridized carbons (Fsp3) is 0.500. The third-order valence-corrected chi connectivity index (χ3v) is 14.8. The molecule has 0 amide bonds. The average Bonchev–Trinajstić information content (AvgIpc) is 3.82. The number of fused-ring (bicyclic) bond motifs is 8. The van der Waals surface area contributed by atoms with Crippen LogP contribution in [0.2, 0.25) is 0 Å². The second-order valence-corrected chi connectivity index (χ2v) is 18.5. The van der Waals surface area contributed by atoms with E-state index in [2.05, 4.69) is 55.4 Å². The van der Waals surface area contributed by atoms with E-state index in [-0.39, 0.29) is 24.0 Å². The number of ether oxygens (including phenoxy) is 4. The standard InChI is InChI=1S/C52H63N7O6/c1-5-34-31-57-25-20-36(34)27-47(57)51(41-18-22-53-45-16-14-39(62-3)29-43(41)45)64-49(60)12-8-7-11-38-33-59(56-55-38)24-10-9-13-50(61)65-52(48-28-37-21-26-58(48)32-35(37)6-2)42-19-23-54-46-17-15-40(63-4)30-44(42)46/h5-6,14-19,22-23,29-30,33-37,47-48,51-52H,1-2,7-13,20-21,24-28,31-32H2,3-4H3/t34-,35-,36-,37-,47-,48-,51+,52+/m0/s1. The van der Waals surface area contributed by atoms with Crippen molar-refractivity contribution in [3.05, 3.63) is 109 Å². The molecule has 5 aromatic rings. The van der Waals surface area contributed by atoms with Gasteiger partial charge in [0.05, 0.1) is 43.0 Å². The molecule has 11 rings (SSSR count). The van der Waals surface area contributed by atoms with Crippen molar-refractivity contribution in [2.24, 2.45) is 23.7 Å². The lowest BCUT2D eigenvalue weighted by Crippen LogP contribution is -2.55. The molecule has 65 heavy (non-hydrogen) atoms. The molecule has 2 unspecified atom stereocenters. The third kappa shape index (κ3) is 9.82. The smallest absolute Gasteiger partial charge is 0.306 e. The number of carbonyl (C=O) groups excluding carboxylic acids is 2. The Morgan fingerprint density at radius 1 is 0.723 bits per heavy atom. The fourth-order valence-electron chi connectivity index (χ4n) is 11.2. The molecule has 4 bridgehead atoms. The van der Waals surface area contributed by atoms with E-state index in [1.54, 1.807) is 14.2 Å². The van der Waals surface area contributed by atoms with Crippen LogP contribution in [0.25, 0.3) is 21.8 Å². The highest BCUT2D eigenvalue weighted by Crippen LogP contribution is 2.45. The van der Waals surface area contributed by atoms with Crippen molar-refractivity contribution in [3.8, 4) is 11.5 Å². The monoisotopic (exact) mass is 881 g/mol. The van der Waals surface area contributed by atoms with Gasteiger partial charge in [0.15, 0.2) is 0 Å². The molecule has 0 aliphatic carbocycles. The molecule has 3 aromatic heterocycles. The predicted octanol–water partition coefficient (Wildman–Crippen LogP) is 8.64. The van der Waals surface area contributed by atoms with Crippen LogP contribution >= 0.6 is 0 Å². The van der Waals surface area contributed by atoms with Crippen molar-refractivity contribution in [1.29, 1.82) is 0 Å². The quantitative estimate of drug-likeness (QED) is 0.0421. The molecule has 342 valence electrons. The van der Waals surface area contributed by atoms with Gasteiger partial charge in [0.1, 0.15) is 23.7 Å². The molecular weight excluding hydrogens is 819 g/mol. The molecule has 0 radical (unpaired) electrons. The van der Waals surface area contributed by atoms with E-state index in [9.17, 15) is 9.59 Å². The molecule has 13 heteroatoms. The van der Waals surface area contributed by atoms with Gasteiger partial charge in [-0.1, -0.05) is 17.4 Å². The van der Waals surface area contributed by atoms with Crippen molar-refractivity contribution in [3.63, 3.8) is 0 Å². The number of methoxy groups -OCH3 is 2. The van der Waals surface area contributed by atoms with Crippen molar-refractivity contribution in [2.45, 2.75) is 101 Å². The summed E-state index contributed by atoms with van der Waals surface area (Å²) in [6.45, 7) is 12.7. The van der Waals surface area contributed by atoms with Crippen molar-refractivity contribution in [2.75, 3.05) is 40.4 Å². The van der Waals surface area contributed by atoms with Gasteiger partial charge in [-0.05, 0) is 143 Å². The second kappa shape index (κ2) is 20.2. The summed E-state index contributed by atoms with van der Waals surface area (Å²) in [5.74, 6) is 3.08. The van der Waals surface area contributed by atoms with Gasteiger partial charge in [-0.15, -0.1) is 18.3 Å². The lowest BCUT2D eigenvalue weighted by atomic mass is 9.73. The zero-order valence-electron chi connectivity index (χ0n) is 37.9. The average molecular weight is 882 g/mol. The number of hydrogen-bond acceptors (Lipinski definition) is 12. The largest absolute Gasteiger partial charge is 0.497 e. The molecule has 13 nitrogen and oxygen atoms in total. The Morgan fingerprint density at radius 2 is 1.25 bits per heavy atom. The number of nitrogens with zero attached hydrogens (tertiary/aromatic N) is 7. The number of carbonyl (C=O) groups is 2. The summed E-state index contributed by atoms with van der Waals surface area (Å²) in [6, 6.07) is 15.9. The number of piperidine rings is 6. The maximum Gasteiger partial charge on any atom is 0.306 e. The van der Waals surface area contributed by atoms with Crippen molar-refractivity contribution >= 4 is 33.7 Å². The van der Waals surface area contributed by atoms with Gasteiger partial charge < -0.3 is 18.9 Å². The Hall–Kier alpha value is -5.66. The number of aryl methyl sites for hydroxylation is 2. The van der Waals surface area contributed by atoms with Crippen LogP contribution in [-0.4, -0.2) is 99.2 Å². The highest BCUT2D eigenvalue weighted by Gasteiger charge is 2.46. The molecule has 0 N–H and O–H groups in total. The second-order valence-electron chi connectivity index (χ2n) is 18.5. The molecule has 6 aliphatic rings. The lowest BCUT2D eigenvalue weighted by Gasteiger charge is -2.51. The zero-order valence-corrected chi connectivity index (χ0v) is 37.9. The van der Waals surface area contributed by atoms with Crippen LogP contribution in [-0.2, 0) is 32.0 Å². The Labute approximate surface area is 382 Å². The fourth-order valence-corrected chi connectivity index (χ4v) is 11.2. The third-order valence-electron chi connectivity index (χ3n) is 14.8. The van der Waals surface area contributed by atoms with Crippen LogP contribution < -0.4 is 9.47 Å². The van der Waals surface area contributed by atoms with Gasteiger partial charge in [-0.25, -0.2) is 0 Å². The van der Waals surface area contributed by atoms with Crippen LogP contribution in [0.15, 0.2) is 92.4 Å². The molecule has 0 spiro atoms. The number of benzene rings is 2. The Balaban J connectivity index is 0.766. The van der Waals surface area contributed by atoms with E-state index in [0.717, 1.165) is 115 Å². The number of rotatable bonds is 20. The van der Waals surface area contributed by atoms with Gasteiger partial charge in [0, 0.05) is 73.0 Å². The zero-order chi connectivity index (χ0) is 44.9. The summed E-state index contributed by atoms with van der Waals surface area (Å²) >= 11 is 0. The lowest BCUT2D eigenvalue weighted by molar-refractivity contribution is -0.158. The van der Waals surface area contributed by atoms with Crippen LogP contribution in [0.1, 0.15) is 93.2 Å². The molecule has 6 fully saturated rings. The minimum absolute atomic E-state index is 0.0837. The van der Waals surface area contributed by atoms with Gasteiger partial charge in [0.25, 0.3) is 0 Å². The van der Waals surface area contributed by atoms with Crippen molar-refractivity contribution < 1.29 is 28.5 Å². The first kappa shape index (κ1) is 44.5. The summed E-state index contributed by atoms with van der Waals surface area (Å²) in [6.07, 6.45) is 17.4. The summed E-state index contributed by atoms with van der Waals surface area (Å²) in [5, 5.41) is 10.7. The molecular formula is C52H63N7O6. The van der Waals surface area contributed by atoms with Crippen LogP contribution in [0.3, 0.4) is 0 Å². The Bertz CT molecular complexity index is 2320. The molecule has 6 aliphatic heterocycles. The van der Waals surface area contributed by atoms with Crippen LogP contribution in [0, 0.1) is 23.7 Å². The van der Waals surface area contributed by atoms with E-state index in [1.165, 1.54) is 0 Å². The molecule has 0 saturated carbocycles. The van der Waals surface area contributed by atoms with Gasteiger partial charge >= 0.3 is 11.9 Å². The number of esters is 2. The Kier molecular flexibility index (Phi) is 13.9. The van der Waals surface area contributed by atoms with E-state index in [4.69, 9.17) is 18.9 Å². The predicted molar refractivity (Wildman–Crippen MR) is 249 cm³/mol. The summed E-state index contributed by atoms with van der Waals surface area (Å²) in [4.78, 5) is 41.5. The van der Waals surface area contributed by atoms with Crippen molar-refractivity contribution in [1.82, 2.24) is 34.8 Å². The molecule has 9 heterocycles. The summed E-state index contributed by atoms with van der Waals surface area (Å²) in [7, 11) is 3.32. The van der Waals surface area contributed by atoms with Crippen LogP contribution in [0.4, 0.5) is 0 Å². The minimum Gasteiger partial charge on any atom is -0.497 e. The maximum atomic E-state index is 13.6. The highest BCUT2D eigenvalue weighted by atomic mass is 16.5. The van der Waals surface area contributed by atoms with Gasteiger partial charge in [-0.2, -0.15) is 0 Å². The first-order valence-electron chi connectivity index (χ1n) is 23.7. The van der Waals surface area contributed by atoms with E-state index < -0.39 is 12.2 Å². The van der Waals surface area contributed by atoms with E-state index in [0.29, 0.717) is 62.3 Å². The summed E-state index contributed by atoms with van der Waals surface area (Å²) in [5.41, 5.74) is 4.53. The van der Waals surface area contributed by atoms with Crippen LogP contribution in [0.5, 0.6) is 11.5 Å². The first-order valence-corrected chi connectivity index (χ1v) is 23.7. The number of aromatic nitrogens is 5. The number of unbranched alkanes of at least 4 members (excludes halogenated alkanes) is 2. The normalized spacial score (nSPS) is 25.5. The molecule has 10 atom stereocenters.